The number of phenols is 1. The molecule has 10 nitrogen and oxygen atoms in total. The van der Waals surface area contributed by atoms with Crippen LogP contribution < -0.4 is 16.0 Å². The van der Waals surface area contributed by atoms with Gasteiger partial charge < -0.3 is 20.5 Å². The van der Waals surface area contributed by atoms with Gasteiger partial charge in [0.25, 0.3) is 0 Å². The lowest BCUT2D eigenvalue weighted by atomic mass is 10.0. The van der Waals surface area contributed by atoms with Crippen LogP contribution in [0.5, 0.6) is 5.75 Å². The third kappa shape index (κ3) is 8.64. The lowest BCUT2D eigenvalue weighted by Gasteiger charge is -2.10. The largest absolute Gasteiger partial charge is 0.506 e. The second-order valence-electron chi connectivity index (χ2n) is 11.0. The quantitative estimate of drug-likeness (QED) is 0.117. The monoisotopic (exact) mass is 638 g/mol. The Balaban J connectivity index is 0.924. The van der Waals surface area contributed by atoms with Crippen LogP contribution in [-0.2, 0) is 17.6 Å². The van der Waals surface area contributed by atoms with Crippen LogP contribution in [0.1, 0.15) is 22.3 Å². The molecule has 0 saturated heterocycles. The smallest absolute Gasteiger partial charge is 0.411 e. The third-order valence-electron chi connectivity index (χ3n) is 7.48. The van der Waals surface area contributed by atoms with Gasteiger partial charge in [0.05, 0.1) is 6.61 Å². The second kappa shape index (κ2) is 15.2. The van der Waals surface area contributed by atoms with Gasteiger partial charge in [0.15, 0.2) is 0 Å². The number of rotatable bonds is 11. The van der Waals surface area contributed by atoms with E-state index in [1.807, 2.05) is 115 Å². The van der Waals surface area contributed by atoms with Crippen LogP contribution in [0.15, 0.2) is 127 Å². The number of nitrogens with one attached hydrogen (secondary N) is 3. The zero-order valence-electron chi connectivity index (χ0n) is 26.0. The van der Waals surface area contributed by atoms with Crippen molar-refractivity contribution in [1.29, 1.82) is 0 Å². The summed E-state index contributed by atoms with van der Waals surface area (Å²) in [5.74, 6) is 0.0542. The standard InChI is InChI=1S/C38H34N6O4/c45-36-21-16-30(26-35(36)44-42-33-10-4-5-11-34(33)43-44)22-24-48-38(47)41-32-19-14-29(15-20-32)25-28-12-17-31(18-13-28)40-37(46)39-23-6-9-27-7-2-1-3-8-27/h1-21,26,45H,22-25H2,(H,41,47)(H2,39,40,46). The lowest BCUT2D eigenvalue weighted by molar-refractivity contribution is 0.163. The Hall–Kier alpha value is -6.42. The number of urea groups is 1. The number of benzene rings is 5. The molecule has 6 rings (SSSR count). The molecule has 0 fully saturated rings. The number of hydrogen-bond donors (Lipinski definition) is 4. The molecule has 48 heavy (non-hydrogen) atoms. The van der Waals surface area contributed by atoms with Crippen molar-refractivity contribution < 1.29 is 19.4 Å². The molecular weight excluding hydrogens is 604 g/mol. The zero-order chi connectivity index (χ0) is 33.1. The molecule has 0 unspecified atom stereocenters. The molecule has 1 aromatic heterocycles. The highest BCUT2D eigenvalue weighted by Gasteiger charge is 2.11. The molecule has 0 bridgehead atoms. The van der Waals surface area contributed by atoms with Crippen LogP contribution >= 0.6 is 0 Å². The third-order valence-corrected chi connectivity index (χ3v) is 7.48. The predicted octanol–water partition coefficient (Wildman–Crippen LogP) is 7.34. The number of aromatic nitrogens is 3. The molecule has 10 heteroatoms. The molecular formula is C38H34N6O4. The zero-order valence-corrected chi connectivity index (χ0v) is 26.0. The van der Waals surface area contributed by atoms with E-state index in [0.717, 1.165) is 33.3 Å². The maximum Gasteiger partial charge on any atom is 0.411 e. The molecule has 0 saturated carbocycles. The molecule has 0 radical (unpaired) electrons. The summed E-state index contributed by atoms with van der Waals surface area (Å²) in [5, 5.41) is 27.7. The van der Waals surface area contributed by atoms with Crippen molar-refractivity contribution in [3.05, 3.63) is 150 Å². The van der Waals surface area contributed by atoms with E-state index in [2.05, 4.69) is 26.1 Å². The van der Waals surface area contributed by atoms with Gasteiger partial charge >= 0.3 is 12.1 Å². The van der Waals surface area contributed by atoms with Crippen LogP contribution in [0.25, 0.3) is 22.8 Å². The number of hydrogen-bond acceptors (Lipinski definition) is 6. The summed E-state index contributed by atoms with van der Waals surface area (Å²) in [6, 6.07) is 37.5. The number of aromatic hydroxyl groups is 1. The first-order valence-electron chi connectivity index (χ1n) is 15.5. The molecule has 0 atom stereocenters. The maximum atomic E-state index is 12.4. The van der Waals surface area contributed by atoms with Crippen molar-refractivity contribution in [3.63, 3.8) is 0 Å². The first-order valence-corrected chi connectivity index (χ1v) is 15.5. The van der Waals surface area contributed by atoms with Gasteiger partial charge in [-0.1, -0.05) is 84.9 Å². The number of phenolic OH excluding ortho intramolecular Hbond substituents is 1. The summed E-state index contributed by atoms with van der Waals surface area (Å²) in [7, 11) is 0. The van der Waals surface area contributed by atoms with E-state index in [-0.39, 0.29) is 18.4 Å². The Bertz CT molecular complexity index is 1990. The predicted molar refractivity (Wildman–Crippen MR) is 187 cm³/mol. The van der Waals surface area contributed by atoms with Crippen molar-refractivity contribution >= 4 is 40.6 Å². The SMILES string of the molecule is O=C(NCC=Cc1ccccc1)Nc1ccc(Cc2ccc(NC(=O)OCCc3ccc(O)c(-n4nc5ccccc5n4)c3)cc2)cc1. The number of anilines is 2. The van der Waals surface area contributed by atoms with Gasteiger partial charge in [0.2, 0.25) is 0 Å². The fraction of sp³-hybridized carbons (Fsp3) is 0.105. The highest BCUT2D eigenvalue weighted by atomic mass is 16.5. The Labute approximate surface area is 277 Å². The number of ether oxygens (including phenoxy) is 1. The summed E-state index contributed by atoms with van der Waals surface area (Å²) in [6.07, 6.45) is 4.45. The molecule has 6 aromatic rings. The van der Waals surface area contributed by atoms with Gasteiger partial charge in [0, 0.05) is 24.3 Å². The molecule has 4 N–H and O–H groups in total. The minimum Gasteiger partial charge on any atom is -0.506 e. The molecule has 3 amide bonds. The lowest BCUT2D eigenvalue weighted by Crippen LogP contribution is -2.28. The number of amides is 3. The van der Waals surface area contributed by atoms with E-state index in [1.165, 1.54) is 4.80 Å². The highest BCUT2D eigenvalue weighted by molar-refractivity contribution is 5.89. The number of carbonyl (C=O) groups is 2. The van der Waals surface area contributed by atoms with Crippen molar-refractivity contribution in [2.75, 3.05) is 23.8 Å². The normalized spacial score (nSPS) is 11.0. The van der Waals surface area contributed by atoms with Gasteiger partial charge in [-0.15, -0.1) is 15.0 Å². The van der Waals surface area contributed by atoms with E-state index in [0.29, 0.717) is 36.4 Å². The summed E-state index contributed by atoms with van der Waals surface area (Å²) in [5.41, 5.74) is 7.32. The van der Waals surface area contributed by atoms with E-state index in [9.17, 15) is 14.7 Å². The van der Waals surface area contributed by atoms with E-state index < -0.39 is 6.09 Å². The molecule has 5 aromatic carbocycles. The fourth-order valence-electron chi connectivity index (χ4n) is 5.00. The van der Waals surface area contributed by atoms with E-state index in [1.54, 1.807) is 18.2 Å². The Morgan fingerprint density at radius 2 is 1.33 bits per heavy atom. The van der Waals surface area contributed by atoms with E-state index in [4.69, 9.17) is 4.74 Å². The molecule has 0 aliphatic rings. The molecule has 0 spiro atoms. The molecule has 0 aliphatic carbocycles. The number of fused-ring (bicyclic) bond motifs is 1. The van der Waals surface area contributed by atoms with Crippen molar-refractivity contribution in [2.45, 2.75) is 12.8 Å². The summed E-state index contributed by atoms with van der Waals surface area (Å²) in [4.78, 5) is 26.1. The van der Waals surface area contributed by atoms with Gasteiger partial charge in [-0.3, -0.25) is 5.32 Å². The minimum absolute atomic E-state index is 0.0542. The minimum atomic E-state index is -0.555. The first kappa shape index (κ1) is 31.6. The van der Waals surface area contributed by atoms with Crippen molar-refractivity contribution in [2.24, 2.45) is 0 Å². The van der Waals surface area contributed by atoms with Crippen LogP contribution in [0.2, 0.25) is 0 Å². The summed E-state index contributed by atoms with van der Waals surface area (Å²) in [6.45, 7) is 0.575. The molecule has 240 valence electrons. The van der Waals surface area contributed by atoms with Crippen LogP contribution in [0, 0.1) is 0 Å². The number of carbonyl (C=O) groups excluding carboxylic acids is 2. The summed E-state index contributed by atoms with van der Waals surface area (Å²) >= 11 is 0. The highest BCUT2D eigenvalue weighted by Crippen LogP contribution is 2.23. The van der Waals surface area contributed by atoms with Gasteiger partial charge in [0.1, 0.15) is 22.5 Å². The van der Waals surface area contributed by atoms with Crippen LogP contribution in [0.4, 0.5) is 21.0 Å². The van der Waals surface area contributed by atoms with Crippen LogP contribution in [-0.4, -0.2) is 45.4 Å². The van der Waals surface area contributed by atoms with Gasteiger partial charge in [-0.2, -0.15) is 0 Å². The Kier molecular flexibility index (Phi) is 10.0. The maximum absolute atomic E-state index is 12.4. The average molecular weight is 639 g/mol. The molecule has 1 heterocycles. The van der Waals surface area contributed by atoms with Gasteiger partial charge in [-0.05, 0) is 77.2 Å². The summed E-state index contributed by atoms with van der Waals surface area (Å²) < 4.78 is 5.40. The van der Waals surface area contributed by atoms with E-state index >= 15 is 0 Å². The fourth-order valence-corrected chi connectivity index (χ4v) is 5.00. The Morgan fingerprint density at radius 1 is 0.729 bits per heavy atom. The van der Waals surface area contributed by atoms with Crippen molar-refractivity contribution in [1.82, 2.24) is 20.3 Å². The Morgan fingerprint density at radius 3 is 2.00 bits per heavy atom. The van der Waals surface area contributed by atoms with Gasteiger partial charge in [-0.25, -0.2) is 9.59 Å². The van der Waals surface area contributed by atoms with Crippen molar-refractivity contribution in [3.8, 4) is 11.4 Å². The average Bonchev–Trinajstić information content (AvgIpc) is 3.54. The van der Waals surface area contributed by atoms with Crippen LogP contribution in [0.3, 0.4) is 0 Å². The molecule has 0 aliphatic heterocycles. The topological polar surface area (TPSA) is 130 Å². The second-order valence-corrected chi connectivity index (χ2v) is 11.0. The first-order chi connectivity index (χ1) is 23.5. The number of nitrogens with zero attached hydrogens (tertiary/aromatic N) is 3.